The Kier molecular flexibility index (Phi) is 6.98. The van der Waals surface area contributed by atoms with Crippen LogP contribution in [0.3, 0.4) is 0 Å². The minimum atomic E-state index is -3.53. The van der Waals surface area contributed by atoms with Crippen LogP contribution in [0.2, 0.25) is 39.3 Å². The molecule has 0 aliphatic heterocycles. The molecule has 0 unspecified atom stereocenters. The zero-order valence-electron chi connectivity index (χ0n) is 12.2. The average Bonchev–Trinajstić information content (AvgIpc) is 2.05. The van der Waals surface area contributed by atoms with Crippen molar-refractivity contribution in [3.8, 4) is 0 Å². The van der Waals surface area contributed by atoms with Crippen molar-refractivity contribution in [2.75, 3.05) is 13.7 Å². The lowest BCUT2D eigenvalue weighted by atomic mass is 10.8. The number of rotatable bonds is 8. The molecule has 0 aromatic heterocycles. The predicted octanol–water partition coefficient (Wildman–Crippen LogP) is 3.45. The van der Waals surface area contributed by atoms with Gasteiger partial charge < -0.3 is 13.3 Å². The van der Waals surface area contributed by atoms with Crippen molar-refractivity contribution in [1.82, 2.24) is 0 Å². The van der Waals surface area contributed by atoms with Crippen molar-refractivity contribution in [3.63, 3.8) is 0 Å². The van der Waals surface area contributed by atoms with Crippen LogP contribution in [-0.4, -0.2) is 36.6 Å². The summed E-state index contributed by atoms with van der Waals surface area (Å²) in [5.74, 6) is 0. The molecule has 108 valence electrons. The van der Waals surface area contributed by atoms with E-state index in [0.717, 1.165) is 0 Å². The van der Waals surface area contributed by atoms with Crippen LogP contribution < -0.4 is 0 Å². The Morgan fingerprint density at radius 3 is 1.83 bits per heavy atom. The Morgan fingerprint density at radius 1 is 1.06 bits per heavy atom. The molecule has 0 N–H and O–H groups in total. The smallest absolute Gasteiger partial charge is 0.399 e. The fourth-order valence-corrected chi connectivity index (χ4v) is 7.49. The van der Waals surface area contributed by atoms with E-state index in [-0.39, 0.29) is 6.61 Å². The summed E-state index contributed by atoms with van der Waals surface area (Å²) in [5.41, 5.74) is 0. The van der Waals surface area contributed by atoms with Gasteiger partial charge in [0.1, 0.15) is 7.11 Å². The topological polar surface area (TPSA) is 66.4 Å². The van der Waals surface area contributed by atoms with Crippen LogP contribution in [0.5, 0.6) is 0 Å². The fourth-order valence-electron chi connectivity index (χ4n) is 0.972. The molecule has 0 amide bonds. The van der Waals surface area contributed by atoms with Gasteiger partial charge in [0.25, 0.3) is 0 Å². The van der Waals surface area contributed by atoms with Gasteiger partial charge in [-0.1, -0.05) is 5.16 Å². The highest BCUT2D eigenvalue weighted by molar-refractivity contribution is 7.52. The molecule has 0 heterocycles. The number of hydrogen-bond donors (Lipinski definition) is 0. The molecule has 0 aromatic rings. The first-order valence-corrected chi connectivity index (χ1v) is 14.0. The van der Waals surface area contributed by atoms with Crippen molar-refractivity contribution < 1.29 is 22.4 Å². The van der Waals surface area contributed by atoms with E-state index in [1.54, 1.807) is 0 Å². The SMILES string of the molecule is CO/N=C\COP(=O)(O[Si](C)(C)C)O[Si](C)(C)C. The fraction of sp³-hybridized carbons (Fsp3) is 0.889. The zero-order valence-corrected chi connectivity index (χ0v) is 15.1. The molecule has 6 nitrogen and oxygen atoms in total. The first-order chi connectivity index (χ1) is 7.97. The Labute approximate surface area is 112 Å². The van der Waals surface area contributed by atoms with Crippen LogP contribution in [-0.2, 0) is 22.4 Å². The van der Waals surface area contributed by atoms with Crippen LogP contribution in [0.1, 0.15) is 0 Å². The van der Waals surface area contributed by atoms with Crippen molar-refractivity contribution in [1.29, 1.82) is 0 Å². The summed E-state index contributed by atoms with van der Waals surface area (Å²) in [6.45, 7) is 11.6. The normalized spacial score (nSPS) is 14.2. The average molecular weight is 313 g/mol. The molecule has 0 fully saturated rings. The largest absolute Gasteiger partial charge is 0.455 e. The van der Waals surface area contributed by atoms with Gasteiger partial charge in [0, 0.05) is 0 Å². The van der Waals surface area contributed by atoms with Gasteiger partial charge in [0.2, 0.25) is 0 Å². The van der Waals surface area contributed by atoms with Gasteiger partial charge in [-0.25, -0.2) is 4.57 Å². The standard InChI is InChI=1S/C9H24NO5PSi2/c1-12-10-8-9-13-16(11,14-17(2,3)4)15-18(5,6)7/h8H,9H2,1-7H3/b10-8-. The highest BCUT2D eigenvalue weighted by Crippen LogP contribution is 2.53. The molecule has 0 rings (SSSR count). The maximum absolute atomic E-state index is 12.5. The maximum Gasteiger partial charge on any atom is 0.455 e. The Morgan fingerprint density at radius 2 is 1.50 bits per heavy atom. The van der Waals surface area contributed by atoms with E-state index in [4.69, 9.17) is 12.9 Å². The lowest BCUT2D eigenvalue weighted by Crippen LogP contribution is -2.30. The molecule has 0 spiro atoms. The molecule has 0 aromatic carbocycles. The quantitative estimate of drug-likeness (QED) is 0.297. The predicted molar refractivity (Wildman–Crippen MR) is 77.9 cm³/mol. The molecular weight excluding hydrogens is 289 g/mol. The summed E-state index contributed by atoms with van der Waals surface area (Å²) in [6.07, 6.45) is 1.37. The second-order valence-corrected chi connectivity index (χ2v) is 16.7. The van der Waals surface area contributed by atoms with Crippen LogP contribution in [0.25, 0.3) is 0 Å². The van der Waals surface area contributed by atoms with Gasteiger partial charge in [-0.2, -0.15) is 0 Å². The van der Waals surface area contributed by atoms with Crippen LogP contribution in [0.4, 0.5) is 0 Å². The third-order valence-corrected chi connectivity index (χ3v) is 7.89. The molecule has 18 heavy (non-hydrogen) atoms. The van der Waals surface area contributed by atoms with Crippen molar-refractivity contribution >= 4 is 30.7 Å². The van der Waals surface area contributed by atoms with E-state index >= 15 is 0 Å². The Bertz CT molecular complexity index is 304. The van der Waals surface area contributed by atoms with Crippen LogP contribution in [0, 0.1) is 0 Å². The minimum Gasteiger partial charge on any atom is -0.399 e. The third kappa shape index (κ3) is 9.98. The second-order valence-electron chi connectivity index (χ2n) is 5.62. The van der Waals surface area contributed by atoms with E-state index in [1.807, 2.05) is 39.3 Å². The zero-order chi connectivity index (χ0) is 14.4. The molecule has 0 saturated heterocycles. The van der Waals surface area contributed by atoms with Crippen molar-refractivity contribution in [3.05, 3.63) is 0 Å². The highest BCUT2D eigenvalue weighted by atomic mass is 31.2. The van der Waals surface area contributed by atoms with E-state index in [1.165, 1.54) is 13.3 Å². The molecule has 0 bridgehead atoms. The molecule has 0 aliphatic carbocycles. The summed E-state index contributed by atoms with van der Waals surface area (Å²) >= 11 is 0. The van der Waals surface area contributed by atoms with Crippen LogP contribution in [0.15, 0.2) is 5.16 Å². The summed E-state index contributed by atoms with van der Waals surface area (Å²) in [4.78, 5) is 4.49. The highest BCUT2D eigenvalue weighted by Gasteiger charge is 2.37. The summed E-state index contributed by atoms with van der Waals surface area (Å²) < 4.78 is 28.9. The summed E-state index contributed by atoms with van der Waals surface area (Å²) in [7, 11) is -6.16. The van der Waals surface area contributed by atoms with Crippen LogP contribution >= 0.6 is 7.82 Å². The monoisotopic (exact) mass is 313 g/mol. The second kappa shape index (κ2) is 6.97. The third-order valence-electron chi connectivity index (χ3n) is 1.26. The van der Waals surface area contributed by atoms with E-state index in [0.29, 0.717) is 0 Å². The number of nitrogens with zero attached hydrogens (tertiary/aromatic N) is 1. The van der Waals surface area contributed by atoms with Crippen molar-refractivity contribution in [2.45, 2.75) is 39.3 Å². The summed E-state index contributed by atoms with van der Waals surface area (Å²) in [5, 5.41) is 3.51. The lowest BCUT2D eigenvalue weighted by Gasteiger charge is -2.29. The Balaban J connectivity index is 4.71. The molecule has 0 radical (unpaired) electrons. The first-order valence-electron chi connectivity index (χ1n) is 5.68. The molecule has 0 atom stereocenters. The molecule has 9 heteroatoms. The molecule has 0 saturated carbocycles. The number of phosphoric acid groups is 1. The van der Waals surface area contributed by atoms with Gasteiger partial charge in [0.15, 0.2) is 16.6 Å². The minimum absolute atomic E-state index is 0.0279. The van der Waals surface area contributed by atoms with E-state index in [2.05, 4.69) is 9.99 Å². The van der Waals surface area contributed by atoms with Gasteiger partial charge in [-0.05, 0) is 39.3 Å². The molecule has 0 aliphatic rings. The van der Waals surface area contributed by atoms with Gasteiger partial charge in [-0.3, -0.25) is 4.52 Å². The van der Waals surface area contributed by atoms with Crippen molar-refractivity contribution in [2.24, 2.45) is 5.16 Å². The van der Waals surface area contributed by atoms with E-state index < -0.39 is 24.5 Å². The number of hydrogen-bond acceptors (Lipinski definition) is 6. The Hall–Kier alpha value is 0.0138. The van der Waals surface area contributed by atoms with Gasteiger partial charge in [-0.15, -0.1) is 0 Å². The molecular formula is C9H24NO5PSi2. The van der Waals surface area contributed by atoms with Gasteiger partial charge in [0.05, 0.1) is 12.8 Å². The summed E-state index contributed by atoms with van der Waals surface area (Å²) in [6, 6.07) is 0. The lowest BCUT2D eigenvalue weighted by molar-refractivity contribution is 0.206. The number of oxime groups is 1. The maximum atomic E-state index is 12.5. The van der Waals surface area contributed by atoms with Gasteiger partial charge >= 0.3 is 7.82 Å². The van der Waals surface area contributed by atoms with E-state index in [9.17, 15) is 4.57 Å². The first kappa shape index (κ1) is 18.0.